The molecule has 1 N–H and O–H groups in total. The summed E-state index contributed by atoms with van der Waals surface area (Å²) in [7, 11) is 6.27. The van der Waals surface area contributed by atoms with Crippen LogP contribution in [0.15, 0.2) is 18.2 Å². The average molecular weight is 246 g/mol. The van der Waals surface area contributed by atoms with Gasteiger partial charge in [-0.3, -0.25) is 0 Å². The SMILES string of the molecule is [CH2-][NH+]1CCc2c(cccc2O[C@H]2CCN(C)C2)C1. The van der Waals surface area contributed by atoms with Crippen LogP contribution in [0.2, 0.25) is 0 Å². The van der Waals surface area contributed by atoms with Crippen molar-refractivity contribution in [1.29, 1.82) is 0 Å². The Balaban J connectivity index is 1.78. The molecule has 18 heavy (non-hydrogen) atoms. The van der Waals surface area contributed by atoms with Gasteiger partial charge in [0.15, 0.2) is 0 Å². The molecular formula is C15H22N2O. The van der Waals surface area contributed by atoms with Crippen molar-refractivity contribution >= 4 is 0 Å². The topological polar surface area (TPSA) is 16.9 Å². The molecule has 0 aromatic heterocycles. The third kappa shape index (κ3) is 2.38. The maximum Gasteiger partial charge on any atom is 0.123 e. The van der Waals surface area contributed by atoms with Gasteiger partial charge in [0.25, 0.3) is 0 Å². The van der Waals surface area contributed by atoms with E-state index in [9.17, 15) is 0 Å². The standard InChI is InChI=1S/C15H22N2O/c1-16-9-7-14-12(10-16)4-3-5-15(14)18-13-6-8-17(2)11-13/h3-5,13,16H,1,6-11H2,2H3/t13-/m0/s1. The van der Waals surface area contributed by atoms with Crippen molar-refractivity contribution in [2.24, 2.45) is 0 Å². The van der Waals surface area contributed by atoms with Crippen LogP contribution in [-0.4, -0.2) is 37.7 Å². The Morgan fingerprint density at radius 3 is 3.11 bits per heavy atom. The van der Waals surface area contributed by atoms with Crippen LogP contribution in [0.1, 0.15) is 17.5 Å². The molecule has 98 valence electrons. The zero-order valence-corrected chi connectivity index (χ0v) is 11.1. The Hall–Kier alpha value is -1.06. The zero-order valence-electron chi connectivity index (χ0n) is 11.1. The van der Waals surface area contributed by atoms with Gasteiger partial charge in [0, 0.05) is 30.6 Å². The van der Waals surface area contributed by atoms with Crippen molar-refractivity contribution in [2.75, 3.05) is 26.7 Å². The number of likely N-dealkylation sites (tertiary alicyclic amines) is 1. The van der Waals surface area contributed by atoms with Gasteiger partial charge in [0.1, 0.15) is 11.9 Å². The highest BCUT2D eigenvalue weighted by molar-refractivity contribution is 5.41. The molecule has 1 aromatic carbocycles. The largest absolute Gasteiger partial charge is 0.489 e. The highest BCUT2D eigenvalue weighted by atomic mass is 16.5. The Kier molecular flexibility index (Phi) is 3.27. The number of ether oxygens (including phenoxy) is 1. The van der Waals surface area contributed by atoms with Crippen LogP contribution in [-0.2, 0) is 13.0 Å². The lowest BCUT2D eigenvalue weighted by atomic mass is 9.99. The number of benzene rings is 1. The van der Waals surface area contributed by atoms with E-state index in [1.165, 1.54) is 16.0 Å². The molecular weight excluding hydrogens is 224 g/mol. The normalized spacial score (nSPS) is 28.1. The third-order valence-corrected chi connectivity index (χ3v) is 4.04. The molecule has 2 aliphatic rings. The van der Waals surface area contributed by atoms with E-state index in [4.69, 9.17) is 4.74 Å². The number of quaternary nitrogens is 1. The molecule has 3 rings (SSSR count). The summed E-state index contributed by atoms with van der Waals surface area (Å²) in [6.45, 7) is 4.34. The van der Waals surface area contributed by atoms with E-state index in [1.54, 1.807) is 0 Å². The Bertz CT molecular complexity index is 433. The fourth-order valence-corrected chi connectivity index (χ4v) is 3.00. The second kappa shape index (κ2) is 4.90. The fraction of sp³-hybridized carbons (Fsp3) is 0.533. The van der Waals surface area contributed by atoms with Crippen molar-refractivity contribution in [2.45, 2.75) is 25.5 Å². The van der Waals surface area contributed by atoms with Gasteiger partial charge in [-0.1, -0.05) is 12.1 Å². The second-order valence-electron chi connectivity index (χ2n) is 5.61. The number of fused-ring (bicyclic) bond motifs is 1. The molecule has 0 radical (unpaired) electrons. The summed E-state index contributed by atoms with van der Waals surface area (Å²) in [4.78, 5) is 3.68. The second-order valence-corrected chi connectivity index (χ2v) is 5.61. The number of nitrogens with zero attached hydrogens (tertiary/aromatic N) is 1. The Morgan fingerprint density at radius 2 is 2.33 bits per heavy atom. The van der Waals surface area contributed by atoms with E-state index in [0.717, 1.165) is 44.8 Å². The van der Waals surface area contributed by atoms with Crippen molar-refractivity contribution in [1.82, 2.24) is 4.90 Å². The highest BCUT2D eigenvalue weighted by Gasteiger charge is 2.23. The molecule has 2 atom stereocenters. The molecule has 3 nitrogen and oxygen atoms in total. The van der Waals surface area contributed by atoms with Crippen molar-refractivity contribution in [3.63, 3.8) is 0 Å². The van der Waals surface area contributed by atoms with Crippen LogP contribution >= 0.6 is 0 Å². The summed E-state index contributed by atoms with van der Waals surface area (Å²) >= 11 is 0. The first kappa shape index (κ1) is 12.0. The summed E-state index contributed by atoms with van der Waals surface area (Å²) < 4.78 is 6.21. The Morgan fingerprint density at radius 1 is 1.44 bits per heavy atom. The third-order valence-electron chi connectivity index (χ3n) is 4.04. The molecule has 2 aliphatic heterocycles. The first-order valence-electron chi connectivity index (χ1n) is 6.85. The minimum atomic E-state index is 0.367. The van der Waals surface area contributed by atoms with Gasteiger partial charge in [0.2, 0.25) is 0 Å². The zero-order chi connectivity index (χ0) is 12.5. The first-order chi connectivity index (χ1) is 8.72. The molecule has 0 saturated carbocycles. The highest BCUT2D eigenvalue weighted by Crippen LogP contribution is 2.26. The minimum absolute atomic E-state index is 0.367. The quantitative estimate of drug-likeness (QED) is 0.766. The van der Waals surface area contributed by atoms with E-state index in [-0.39, 0.29) is 0 Å². The van der Waals surface area contributed by atoms with Gasteiger partial charge >= 0.3 is 0 Å². The van der Waals surface area contributed by atoms with Gasteiger partial charge in [-0.15, -0.1) is 0 Å². The van der Waals surface area contributed by atoms with E-state index >= 15 is 0 Å². The van der Waals surface area contributed by atoms with E-state index in [2.05, 4.69) is 37.2 Å². The maximum atomic E-state index is 6.21. The molecule has 0 spiro atoms. The Labute approximate surface area is 109 Å². The average Bonchev–Trinajstić information content (AvgIpc) is 2.75. The maximum absolute atomic E-state index is 6.21. The van der Waals surface area contributed by atoms with Gasteiger partial charge in [-0.25, -0.2) is 0 Å². The van der Waals surface area contributed by atoms with Crippen LogP contribution < -0.4 is 9.64 Å². The lowest BCUT2D eigenvalue weighted by Crippen LogP contribution is -3.06. The molecule has 1 fully saturated rings. The van der Waals surface area contributed by atoms with Gasteiger partial charge in [0.05, 0.1) is 13.1 Å². The van der Waals surface area contributed by atoms with Crippen LogP contribution in [0.3, 0.4) is 0 Å². The molecule has 3 heteroatoms. The number of rotatable bonds is 2. The number of likely N-dealkylation sites (N-methyl/N-ethyl adjacent to an activating group) is 1. The number of hydrogen-bond donors (Lipinski definition) is 1. The van der Waals surface area contributed by atoms with Crippen molar-refractivity contribution in [3.05, 3.63) is 36.4 Å². The fourth-order valence-electron chi connectivity index (χ4n) is 3.00. The molecule has 0 amide bonds. The minimum Gasteiger partial charge on any atom is -0.489 e. The molecule has 1 aromatic rings. The summed E-state index contributed by atoms with van der Waals surface area (Å²) in [6, 6.07) is 6.46. The predicted molar refractivity (Wildman–Crippen MR) is 71.6 cm³/mol. The van der Waals surface area contributed by atoms with Crippen molar-refractivity contribution in [3.8, 4) is 5.75 Å². The number of hydrogen-bond acceptors (Lipinski definition) is 2. The van der Waals surface area contributed by atoms with E-state index in [0.29, 0.717) is 6.10 Å². The lowest BCUT2D eigenvalue weighted by Gasteiger charge is -2.29. The van der Waals surface area contributed by atoms with Crippen LogP contribution in [0.25, 0.3) is 0 Å². The first-order valence-corrected chi connectivity index (χ1v) is 6.85. The smallest absolute Gasteiger partial charge is 0.123 e. The van der Waals surface area contributed by atoms with Crippen LogP contribution in [0.4, 0.5) is 0 Å². The van der Waals surface area contributed by atoms with Gasteiger partial charge < -0.3 is 14.5 Å². The van der Waals surface area contributed by atoms with Gasteiger partial charge in [-0.2, -0.15) is 7.05 Å². The monoisotopic (exact) mass is 246 g/mol. The molecule has 1 saturated heterocycles. The molecule has 0 bridgehead atoms. The van der Waals surface area contributed by atoms with E-state index < -0.39 is 0 Å². The lowest BCUT2D eigenvalue weighted by molar-refractivity contribution is -0.870. The molecule has 0 aliphatic carbocycles. The summed E-state index contributed by atoms with van der Waals surface area (Å²) in [5.74, 6) is 1.11. The summed E-state index contributed by atoms with van der Waals surface area (Å²) in [6.07, 6.45) is 2.60. The predicted octanol–water partition coefficient (Wildman–Crippen LogP) is 0.502. The van der Waals surface area contributed by atoms with Gasteiger partial charge in [-0.05, 0) is 19.5 Å². The number of nitrogens with one attached hydrogen (secondary N) is 1. The van der Waals surface area contributed by atoms with Crippen LogP contribution in [0, 0.1) is 7.05 Å². The summed E-state index contributed by atoms with van der Waals surface area (Å²) in [5.41, 5.74) is 2.83. The van der Waals surface area contributed by atoms with E-state index in [1.807, 2.05) is 0 Å². The molecule has 1 unspecified atom stereocenters. The van der Waals surface area contributed by atoms with Crippen molar-refractivity contribution < 1.29 is 9.64 Å². The van der Waals surface area contributed by atoms with Crippen LogP contribution in [0.5, 0.6) is 5.75 Å². The summed E-state index contributed by atoms with van der Waals surface area (Å²) in [5, 5.41) is 0. The molecule has 2 heterocycles.